The first-order chi connectivity index (χ1) is 13.5. The second-order valence-corrected chi connectivity index (χ2v) is 7.94. The molecule has 1 aromatic rings. The summed E-state index contributed by atoms with van der Waals surface area (Å²) < 4.78 is 5.38. The van der Waals surface area contributed by atoms with E-state index in [-0.39, 0.29) is 17.5 Å². The first kappa shape index (κ1) is 20.9. The molecule has 2 aliphatic rings. The molecule has 0 N–H and O–H groups in total. The van der Waals surface area contributed by atoms with Crippen LogP contribution in [0.25, 0.3) is 0 Å². The van der Waals surface area contributed by atoms with Gasteiger partial charge in [0.25, 0.3) is 5.91 Å². The molecule has 2 aliphatic heterocycles. The van der Waals surface area contributed by atoms with Crippen molar-refractivity contribution in [2.24, 2.45) is 5.92 Å². The lowest BCUT2D eigenvalue weighted by atomic mass is 9.92. The normalized spacial score (nSPS) is 19.0. The van der Waals surface area contributed by atoms with Crippen LogP contribution in [0.1, 0.15) is 36.7 Å². The predicted molar refractivity (Wildman–Crippen MR) is 108 cm³/mol. The smallest absolute Gasteiger partial charge is 0.274 e. The Morgan fingerprint density at radius 3 is 2.43 bits per heavy atom. The van der Waals surface area contributed by atoms with Gasteiger partial charge in [-0.1, -0.05) is 11.6 Å². The summed E-state index contributed by atoms with van der Waals surface area (Å²) in [4.78, 5) is 35.6. The summed E-state index contributed by atoms with van der Waals surface area (Å²) in [5.74, 6) is 0.805. The van der Waals surface area contributed by atoms with Crippen LogP contribution in [-0.4, -0.2) is 84.4 Å². The van der Waals surface area contributed by atoms with Crippen molar-refractivity contribution < 1.29 is 14.3 Å². The van der Waals surface area contributed by atoms with E-state index < -0.39 is 0 Å². The zero-order valence-electron chi connectivity index (χ0n) is 16.7. The predicted octanol–water partition coefficient (Wildman–Crippen LogP) is 2.15. The molecule has 8 heteroatoms. The molecule has 0 radical (unpaired) electrons. The molecule has 28 heavy (non-hydrogen) atoms. The maximum atomic E-state index is 12.8. The van der Waals surface area contributed by atoms with E-state index in [1.165, 1.54) is 0 Å². The standard InChI is InChI=1S/C20H29ClN4O3/c1-3-28-17-5-4-16(21)19(22-17)20(27)25-8-6-15(7-9-25)14-18(26)24-12-10-23(2)11-13-24/h4-5,15H,3,6-14H2,1-2H3. The molecule has 3 heterocycles. The van der Waals surface area contributed by atoms with Gasteiger partial charge in [-0.3, -0.25) is 9.59 Å². The van der Waals surface area contributed by atoms with Crippen molar-refractivity contribution in [1.29, 1.82) is 0 Å². The summed E-state index contributed by atoms with van der Waals surface area (Å²) in [5.41, 5.74) is 0.236. The van der Waals surface area contributed by atoms with Gasteiger partial charge in [-0.15, -0.1) is 0 Å². The lowest BCUT2D eigenvalue weighted by Crippen LogP contribution is -2.48. The van der Waals surface area contributed by atoms with Gasteiger partial charge in [-0.05, 0) is 38.8 Å². The molecule has 0 spiro atoms. The van der Waals surface area contributed by atoms with Crippen molar-refractivity contribution in [3.63, 3.8) is 0 Å². The zero-order valence-corrected chi connectivity index (χ0v) is 17.5. The number of likely N-dealkylation sites (tertiary alicyclic amines) is 1. The third-order valence-electron chi connectivity index (χ3n) is 5.54. The third-order valence-corrected chi connectivity index (χ3v) is 5.84. The largest absolute Gasteiger partial charge is 0.478 e. The molecule has 2 fully saturated rings. The highest BCUT2D eigenvalue weighted by molar-refractivity contribution is 6.33. The maximum absolute atomic E-state index is 12.8. The summed E-state index contributed by atoms with van der Waals surface area (Å²) in [7, 11) is 2.08. The number of hydrogen-bond donors (Lipinski definition) is 0. The van der Waals surface area contributed by atoms with Crippen molar-refractivity contribution >= 4 is 23.4 Å². The first-order valence-corrected chi connectivity index (χ1v) is 10.4. The number of hydrogen-bond acceptors (Lipinski definition) is 5. The number of likely N-dealkylation sites (N-methyl/N-ethyl adjacent to an activating group) is 1. The van der Waals surface area contributed by atoms with Crippen molar-refractivity contribution in [2.75, 3.05) is 52.9 Å². The quantitative estimate of drug-likeness (QED) is 0.746. The van der Waals surface area contributed by atoms with E-state index in [9.17, 15) is 9.59 Å². The van der Waals surface area contributed by atoms with Crippen molar-refractivity contribution in [3.05, 3.63) is 22.8 Å². The molecule has 0 atom stereocenters. The zero-order chi connectivity index (χ0) is 20.1. The van der Waals surface area contributed by atoms with Crippen molar-refractivity contribution in [1.82, 2.24) is 19.7 Å². The van der Waals surface area contributed by atoms with E-state index in [1.807, 2.05) is 11.8 Å². The number of piperazine rings is 1. The van der Waals surface area contributed by atoms with Gasteiger partial charge in [0.1, 0.15) is 0 Å². The number of piperidine rings is 1. The fourth-order valence-corrected chi connectivity index (χ4v) is 3.91. The lowest BCUT2D eigenvalue weighted by Gasteiger charge is -2.35. The molecule has 0 aromatic carbocycles. The van der Waals surface area contributed by atoms with Gasteiger partial charge in [-0.2, -0.15) is 0 Å². The number of ether oxygens (including phenoxy) is 1. The number of amides is 2. The Balaban J connectivity index is 1.51. The Morgan fingerprint density at radius 1 is 1.11 bits per heavy atom. The number of carbonyl (C=O) groups excluding carboxylic acids is 2. The topological polar surface area (TPSA) is 66.0 Å². The average Bonchev–Trinajstić information content (AvgIpc) is 2.70. The molecule has 0 saturated carbocycles. The number of nitrogens with zero attached hydrogens (tertiary/aromatic N) is 4. The Labute approximate surface area is 171 Å². The van der Waals surface area contributed by atoms with Crippen LogP contribution >= 0.6 is 11.6 Å². The number of pyridine rings is 1. The molecule has 154 valence electrons. The van der Waals surface area contributed by atoms with Crippen molar-refractivity contribution in [3.8, 4) is 5.88 Å². The second kappa shape index (κ2) is 9.56. The van der Waals surface area contributed by atoms with E-state index in [4.69, 9.17) is 16.3 Å². The van der Waals surface area contributed by atoms with E-state index in [2.05, 4.69) is 16.9 Å². The fourth-order valence-electron chi connectivity index (χ4n) is 3.72. The Bertz CT molecular complexity index is 699. The average molecular weight is 409 g/mol. The number of carbonyl (C=O) groups is 2. The van der Waals surface area contributed by atoms with Crippen LogP contribution in [0.15, 0.2) is 12.1 Å². The van der Waals surface area contributed by atoms with E-state index >= 15 is 0 Å². The van der Waals surface area contributed by atoms with E-state index in [0.29, 0.717) is 42.9 Å². The molecule has 0 bridgehead atoms. The van der Waals surface area contributed by atoms with Crippen LogP contribution in [0.2, 0.25) is 5.02 Å². The van der Waals surface area contributed by atoms with Crippen LogP contribution in [0.4, 0.5) is 0 Å². The lowest BCUT2D eigenvalue weighted by molar-refractivity contribution is -0.134. The molecule has 1 aromatic heterocycles. The van der Waals surface area contributed by atoms with Gasteiger partial charge >= 0.3 is 0 Å². The molecule has 2 saturated heterocycles. The van der Waals surface area contributed by atoms with Gasteiger partial charge < -0.3 is 19.4 Å². The Morgan fingerprint density at radius 2 is 1.79 bits per heavy atom. The Hall–Kier alpha value is -1.86. The minimum absolute atomic E-state index is 0.171. The SMILES string of the molecule is CCOc1ccc(Cl)c(C(=O)N2CCC(CC(=O)N3CCN(C)CC3)CC2)n1. The minimum Gasteiger partial charge on any atom is -0.478 e. The maximum Gasteiger partial charge on any atom is 0.274 e. The summed E-state index contributed by atoms with van der Waals surface area (Å²) in [6.07, 6.45) is 2.23. The van der Waals surface area contributed by atoms with Gasteiger partial charge in [0.05, 0.1) is 11.6 Å². The second-order valence-electron chi connectivity index (χ2n) is 7.54. The molecule has 7 nitrogen and oxygen atoms in total. The number of aromatic nitrogens is 1. The molecule has 0 unspecified atom stereocenters. The van der Waals surface area contributed by atoms with Crippen LogP contribution in [0.5, 0.6) is 5.88 Å². The van der Waals surface area contributed by atoms with Gasteiger partial charge in [0.15, 0.2) is 5.69 Å². The number of rotatable bonds is 5. The van der Waals surface area contributed by atoms with E-state index in [1.54, 1.807) is 17.0 Å². The first-order valence-electron chi connectivity index (χ1n) is 10.0. The summed E-state index contributed by atoms with van der Waals surface area (Å²) in [5, 5.41) is 0.334. The van der Waals surface area contributed by atoms with Crippen molar-refractivity contribution in [2.45, 2.75) is 26.2 Å². The molecular weight excluding hydrogens is 380 g/mol. The Kier molecular flexibility index (Phi) is 7.13. The minimum atomic E-state index is -0.171. The van der Waals surface area contributed by atoms with Gasteiger partial charge in [0, 0.05) is 51.8 Å². The summed E-state index contributed by atoms with van der Waals surface area (Å²) in [6, 6.07) is 3.31. The molecule has 2 amide bonds. The summed E-state index contributed by atoms with van der Waals surface area (Å²) in [6.45, 7) is 7.09. The highest BCUT2D eigenvalue weighted by Gasteiger charge is 2.29. The fraction of sp³-hybridized carbons (Fsp3) is 0.650. The highest BCUT2D eigenvalue weighted by Crippen LogP contribution is 2.25. The van der Waals surface area contributed by atoms with Crippen LogP contribution in [0.3, 0.4) is 0 Å². The van der Waals surface area contributed by atoms with Crippen LogP contribution < -0.4 is 4.74 Å². The monoisotopic (exact) mass is 408 g/mol. The highest BCUT2D eigenvalue weighted by atomic mass is 35.5. The molecular formula is C20H29ClN4O3. The molecule has 3 rings (SSSR count). The van der Waals surface area contributed by atoms with E-state index in [0.717, 1.165) is 39.0 Å². The van der Waals surface area contributed by atoms with Gasteiger partial charge in [0.2, 0.25) is 11.8 Å². The number of halogens is 1. The third kappa shape index (κ3) is 5.14. The van der Waals surface area contributed by atoms with Crippen LogP contribution in [0, 0.1) is 5.92 Å². The van der Waals surface area contributed by atoms with Gasteiger partial charge in [-0.25, -0.2) is 4.98 Å². The van der Waals surface area contributed by atoms with Crippen LogP contribution in [-0.2, 0) is 4.79 Å². The summed E-state index contributed by atoms with van der Waals surface area (Å²) >= 11 is 6.19. The molecule has 0 aliphatic carbocycles.